The van der Waals surface area contributed by atoms with Crippen LogP contribution in [0.2, 0.25) is 0 Å². The first-order chi connectivity index (χ1) is 9.61. The fraction of sp³-hybridized carbons (Fsp3) is 0.455. The largest absolute Gasteiger partial charge is 0.383 e. The molecule has 20 heavy (non-hydrogen) atoms. The highest BCUT2D eigenvalue weighted by molar-refractivity contribution is 5.83. The van der Waals surface area contributed by atoms with E-state index in [1.54, 1.807) is 20.1 Å². The average Bonchev–Trinajstić information content (AvgIpc) is 2.80. The molecule has 0 aliphatic carbocycles. The maximum atomic E-state index is 11.8. The van der Waals surface area contributed by atoms with Crippen LogP contribution in [0.3, 0.4) is 0 Å². The van der Waals surface area contributed by atoms with E-state index in [2.05, 4.69) is 25.8 Å². The minimum Gasteiger partial charge on any atom is -0.383 e. The Labute approximate surface area is 114 Å². The van der Waals surface area contributed by atoms with Gasteiger partial charge in [0.15, 0.2) is 5.65 Å². The summed E-state index contributed by atoms with van der Waals surface area (Å²) >= 11 is 0. The fourth-order valence-corrected chi connectivity index (χ4v) is 1.61. The van der Waals surface area contributed by atoms with Crippen molar-refractivity contribution < 1.29 is 9.53 Å². The summed E-state index contributed by atoms with van der Waals surface area (Å²) in [5, 5.41) is 11.8. The number of anilines is 1. The minimum absolute atomic E-state index is 0.164. The molecule has 1 amide bonds. The maximum absolute atomic E-state index is 11.8. The molecule has 2 aromatic rings. The smallest absolute Gasteiger partial charge is 0.348 e. The zero-order valence-electron chi connectivity index (χ0n) is 11.2. The summed E-state index contributed by atoms with van der Waals surface area (Å²) in [5.74, 6) is 0.300. The molecule has 0 radical (unpaired) electrons. The van der Waals surface area contributed by atoms with Crippen LogP contribution >= 0.6 is 0 Å². The van der Waals surface area contributed by atoms with Crippen molar-refractivity contribution in [1.29, 1.82) is 0 Å². The number of nitrogens with one attached hydrogen (secondary N) is 3. The van der Waals surface area contributed by atoms with Gasteiger partial charge >= 0.3 is 5.69 Å². The molecule has 9 heteroatoms. The zero-order chi connectivity index (χ0) is 14.5. The van der Waals surface area contributed by atoms with Crippen LogP contribution in [0.1, 0.15) is 6.92 Å². The Morgan fingerprint density at radius 3 is 3.15 bits per heavy atom. The summed E-state index contributed by atoms with van der Waals surface area (Å²) in [7, 11) is 1.57. The van der Waals surface area contributed by atoms with E-state index in [-0.39, 0.29) is 11.6 Å². The second kappa shape index (κ2) is 6.15. The molecule has 108 valence electrons. The van der Waals surface area contributed by atoms with Gasteiger partial charge in [-0.3, -0.25) is 4.79 Å². The van der Waals surface area contributed by atoms with Crippen molar-refractivity contribution in [2.75, 3.05) is 25.6 Å². The SMILES string of the molecule is COCCNC(=O)C(C)Nc1cc2n[nH]c(=O)n2cn1. The molecule has 3 N–H and O–H groups in total. The number of hydrogen-bond acceptors (Lipinski definition) is 6. The molecule has 2 aromatic heterocycles. The third-order valence-corrected chi connectivity index (χ3v) is 2.67. The number of carbonyl (C=O) groups excluding carboxylic acids is 1. The van der Waals surface area contributed by atoms with E-state index in [1.165, 1.54) is 10.7 Å². The van der Waals surface area contributed by atoms with Crippen molar-refractivity contribution in [2.24, 2.45) is 0 Å². The molecule has 1 unspecified atom stereocenters. The highest BCUT2D eigenvalue weighted by Gasteiger charge is 2.13. The molecule has 0 aliphatic rings. The molecule has 1 atom stereocenters. The van der Waals surface area contributed by atoms with E-state index in [1.807, 2.05) is 0 Å². The van der Waals surface area contributed by atoms with Crippen molar-refractivity contribution in [3.63, 3.8) is 0 Å². The van der Waals surface area contributed by atoms with Crippen molar-refractivity contribution in [1.82, 2.24) is 24.9 Å². The summed E-state index contributed by atoms with van der Waals surface area (Å²) < 4.78 is 6.12. The van der Waals surface area contributed by atoms with Crippen LogP contribution in [0.15, 0.2) is 17.2 Å². The van der Waals surface area contributed by atoms with Crippen LogP contribution in [0.25, 0.3) is 5.65 Å². The summed E-state index contributed by atoms with van der Waals surface area (Å²) in [5.41, 5.74) is 0.0731. The predicted octanol–water partition coefficient (Wildman–Crippen LogP) is -1.02. The first kappa shape index (κ1) is 14.0. The Morgan fingerprint density at radius 1 is 1.60 bits per heavy atom. The third-order valence-electron chi connectivity index (χ3n) is 2.67. The van der Waals surface area contributed by atoms with Gasteiger partial charge in [0.05, 0.1) is 6.61 Å². The van der Waals surface area contributed by atoms with E-state index in [0.29, 0.717) is 24.6 Å². The van der Waals surface area contributed by atoms with Gasteiger partial charge in [-0.2, -0.15) is 5.10 Å². The summed E-state index contributed by atoms with van der Waals surface area (Å²) in [6.45, 7) is 2.62. The lowest BCUT2D eigenvalue weighted by Gasteiger charge is -2.14. The number of fused-ring (bicyclic) bond motifs is 1. The number of aromatic nitrogens is 4. The van der Waals surface area contributed by atoms with Crippen LogP contribution in [0.4, 0.5) is 5.82 Å². The number of carbonyl (C=O) groups is 1. The van der Waals surface area contributed by atoms with Crippen molar-refractivity contribution in [3.8, 4) is 0 Å². The number of aromatic amines is 1. The highest BCUT2D eigenvalue weighted by atomic mass is 16.5. The Hall–Kier alpha value is -2.42. The number of methoxy groups -OCH3 is 1. The van der Waals surface area contributed by atoms with E-state index < -0.39 is 6.04 Å². The minimum atomic E-state index is -0.465. The molecule has 0 spiro atoms. The molecule has 0 aromatic carbocycles. The van der Waals surface area contributed by atoms with Crippen LogP contribution in [0.5, 0.6) is 0 Å². The number of rotatable bonds is 6. The molecule has 0 saturated heterocycles. The van der Waals surface area contributed by atoms with E-state index in [4.69, 9.17) is 4.74 Å². The number of H-pyrrole nitrogens is 1. The van der Waals surface area contributed by atoms with Crippen molar-refractivity contribution in [2.45, 2.75) is 13.0 Å². The van der Waals surface area contributed by atoms with E-state index in [9.17, 15) is 9.59 Å². The first-order valence-corrected chi connectivity index (χ1v) is 6.08. The van der Waals surface area contributed by atoms with Crippen molar-refractivity contribution in [3.05, 3.63) is 22.9 Å². The molecular weight excluding hydrogens is 264 g/mol. The normalized spacial score (nSPS) is 12.3. The molecule has 2 heterocycles. The van der Waals surface area contributed by atoms with Crippen LogP contribution in [-0.2, 0) is 9.53 Å². The molecule has 0 aliphatic heterocycles. The van der Waals surface area contributed by atoms with Gasteiger partial charge in [0.2, 0.25) is 5.91 Å². The Balaban J connectivity index is 2.00. The number of amides is 1. The van der Waals surface area contributed by atoms with Gasteiger partial charge in [0.25, 0.3) is 0 Å². The topological polar surface area (TPSA) is 113 Å². The number of nitrogens with zero attached hydrogens (tertiary/aromatic N) is 3. The molecule has 9 nitrogen and oxygen atoms in total. The Bertz CT molecular complexity index is 649. The molecular formula is C11H16N6O3. The Kier molecular flexibility index (Phi) is 4.31. The van der Waals surface area contributed by atoms with Gasteiger partial charge in [-0.1, -0.05) is 0 Å². The van der Waals surface area contributed by atoms with Crippen molar-refractivity contribution >= 4 is 17.4 Å². The molecule has 0 saturated carbocycles. The van der Waals surface area contributed by atoms with Gasteiger partial charge in [-0.25, -0.2) is 19.3 Å². The Morgan fingerprint density at radius 2 is 2.40 bits per heavy atom. The first-order valence-electron chi connectivity index (χ1n) is 6.08. The monoisotopic (exact) mass is 280 g/mol. The molecule has 0 bridgehead atoms. The second-order valence-electron chi connectivity index (χ2n) is 4.18. The summed E-state index contributed by atoms with van der Waals surface area (Å²) in [6, 6.07) is 1.11. The maximum Gasteiger partial charge on any atom is 0.348 e. The summed E-state index contributed by atoms with van der Waals surface area (Å²) in [4.78, 5) is 27.1. The third kappa shape index (κ3) is 3.12. The van der Waals surface area contributed by atoms with Crippen LogP contribution in [0, 0.1) is 0 Å². The van der Waals surface area contributed by atoms with Gasteiger partial charge < -0.3 is 15.4 Å². The van der Waals surface area contributed by atoms with E-state index >= 15 is 0 Å². The van der Waals surface area contributed by atoms with Crippen LogP contribution < -0.4 is 16.3 Å². The summed E-state index contributed by atoms with van der Waals surface area (Å²) in [6.07, 6.45) is 1.35. The predicted molar refractivity (Wildman–Crippen MR) is 71.6 cm³/mol. The lowest BCUT2D eigenvalue weighted by Crippen LogP contribution is -2.39. The quantitative estimate of drug-likeness (QED) is 0.584. The van der Waals surface area contributed by atoms with Gasteiger partial charge in [-0.15, -0.1) is 0 Å². The van der Waals surface area contributed by atoms with E-state index in [0.717, 1.165) is 0 Å². The van der Waals surface area contributed by atoms with Gasteiger partial charge in [-0.05, 0) is 6.92 Å². The number of hydrogen-bond donors (Lipinski definition) is 3. The van der Waals surface area contributed by atoms with Crippen LogP contribution in [-0.4, -0.2) is 51.8 Å². The fourth-order valence-electron chi connectivity index (χ4n) is 1.61. The molecule has 0 fully saturated rings. The van der Waals surface area contributed by atoms with Gasteiger partial charge in [0, 0.05) is 19.7 Å². The number of ether oxygens (including phenoxy) is 1. The standard InChI is InChI=1S/C11H16N6O3/c1-7(10(18)12-3-4-20-2)14-8-5-9-15-16-11(19)17(9)6-13-8/h5-7,14H,3-4H2,1-2H3,(H,12,18)(H,16,19). The highest BCUT2D eigenvalue weighted by Crippen LogP contribution is 2.06. The average molecular weight is 280 g/mol. The lowest BCUT2D eigenvalue weighted by molar-refractivity contribution is -0.121. The lowest BCUT2D eigenvalue weighted by atomic mass is 10.3. The molecule has 2 rings (SSSR count). The second-order valence-corrected chi connectivity index (χ2v) is 4.18. The zero-order valence-corrected chi connectivity index (χ0v) is 11.2. The van der Waals surface area contributed by atoms with Gasteiger partial charge in [0.1, 0.15) is 18.2 Å².